The van der Waals surface area contributed by atoms with Gasteiger partial charge in [-0.25, -0.2) is 4.79 Å². The molecule has 0 aromatic heterocycles. The first-order valence-electron chi connectivity index (χ1n) is 4.04. The van der Waals surface area contributed by atoms with Crippen LogP contribution in [-0.4, -0.2) is 38.2 Å². The van der Waals surface area contributed by atoms with Crippen molar-refractivity contribution in [2.75, 3.05) is 20.3 Å². The maximum absolute atomic E-state index is 11.2. The highest BCUT2D eigenvalue weighted by atomic mass is 16.5. The molecule has 0 bridgehead atoms. The van der Waals surface area contributed by atoms with Gasteiger partial charge in [0.15, 0.2) is 6.04 Å². The van der Waals surface area contributed by atoms with E-state index >= 15 is 0 Å². The fraction of sp³-hybridized carbons (Fsp3) is 0.750. The van der Waals surface area contributed by atoms with Crippen molar-refractivity contribution < 1.29 is 19.1 Å². The lowest BCUT2D eigenvalue weighted by molar-refractivity contribution is -0.148. The average Bonchev–Trinajstić information content (AvgIpc) is 2.03. The van der Waals surface area contributed by atoms with Crippen LogP contribution in [0.4, 0.5) is 0 Å². The van der Waals surface area contributed by atoms with Crippen molar-refractivity contribution >= 4 is 11.9 Å². The predicted molar refractivity (Wildman–Crippen MR) is 46.1 cm³/mol. The first-order chi connectivity index (χ1) is 6.11. The van der Waals surface area contributed by atoms with Gasteiger partial charge >= 0.3 is 5.97 Å². The van der Waals surface area contributed by atoms with E-state index in [0.29, 0.717) is 6.61 Å². The minimum absolute atomic E-state index is 0.123. The first kappa shape index (κ1) is 11.9. The predicted octanol–water partition coefficient (Wildman–Crippen LogP) is -0.299. The summed E-state index contributed by atoms with van der Waals surface area (Å²) in [5.74, 6) is -0.755. The number of methoxy groups -OCH3 is 1. The normalized spacial score (nSPS) is 11.9. The molecule has 0 fully saturated rings. The van der Waals surface area contributed by atoms with Crippen molar-refractivity contribution in [2.24, 2.45) is 0 Å². The molecule has 0 rings (SSSR count). The maximum atomic E-state index is 11.2. The molecule has 1 N–H and O–H groups in total. The molecule has 0 aromatic carbocycles. The third-order valence-electron chi connectivity index (χ3n) is 1.28. The van der Waals surface area contributed by atoms with E-state index in [0.717, 1.165) is 0 Å². The van der Waals surface area contributed by atoms with Crippen LogP contribution in [0.5, 0.6) is 0 Å². The lowest BCUT2D eigenvalue weighted by Crippen LogP contribution is -2.43. The fourth-order valence-corrected chi connectivity index (χ4v) is 0.824. The number of carbonyl (C=O) groups is 2. The van der Waals surface area contributed by atoms with Gasteiger partial charge in [0, 0.05) is 14.0 Å². The Labute approximate surface area is 77.4 Å². The summed E-state index contributed by atoms with van der Waals surface area (Å²) >= 11 is 0. The molecule has 0 saturated carbocycles. The standard InChI is InChI=1S/C8H15NO4/c1-4-13-8(11)7(5-12-3)9-6(2)10/h7H,4-5H2,1-3H3,(H,9,10). The summed E-state index contributed by atoms with van der Waals surface area (Å²) in [5, 5.41) is 2.43. The van der Waals surface area contributed by atoms with Gasteiger partial charge in [-0.1, -0.05) is 0 Å². The van der Waals surface area contributed by atoms with Crippen LogP contribution >= 0.6 is 0 Å². The summed E-state index contributed by atoms with van der Waals surface area (Å²) < 4.78 is 9.48. The van der Waals surface area contributed by atoms with E-state index < -0.39 is 12.0 Å². The summed E-state index contributed by atoms with van der Waals surface area (Å²) in [6.45, 7) is 3.45. The number of hydrogen-bond acceptors (Lipinski definition) is 4. The second-order valence-electron chi connectivity index (χ2n) is 2.46. The molecule has 5 nitrogen and oxygen atoms in total. The number of nitrogens with one attached hydrogen (secondary N) is 1. The SMILES string of the molecule is CCOC(=O)C(COC)NC(C)=O. The van der Waals surface area contributed by atoms with Crippen molar-refractivity contribution in [3.63, 3.8) is 0 Å². The van der Waals surface area contributed by atoms with E-state index in [1.807, 2.05) is 0 Å². The van der Waals surface area contributed by atoms with E-state index in [1.165, 1.54) is 14.0 Å². The molecule has 0 saturated heterocycles. The molecular formula is C8H15NO4. The van der Waals surface area contributed by atoms with Crippen LogP contribution in [0.1, 0.15) is 13.8 Å². The first-order valence-corrected chi connectivity index (χ1v) is 4.04. The number of rotatable bonds is 5. The van der Waals surface area contributed by atoms with Gasteiger partial charge in [-0.3, -0.25) is 4.79 Å². The Balaban J connectivity index is 4.06. The Morgan fingerprint density at radius 3 is 2.46 bits per heavy atom. The molecule has 1 atom stereocenters. The Hall–Kier alpha value is -1.10. The fourth-order valence-electron chi connectivity index (χ4n) is 0.824. The molecule has 1 unspecified atom stereocenters. The van der Waals surface area contributed by atoms with E-state index in [9.17, 15) is 9.59 Å². The summed E-state index contributed by atoms with van der Waals surface area (Å²) in [5.41, 5.74) is 0. The monoisotopic (exact) mass is 189 g/mol. The van der Waals surface area contributed by atoms with E-state index in [-0.39, 0.29) is 12.5 Å². The lowest BCUT2D eigenvalue weighted by Gasteiger charge is -2.14. The largest absolute Gasteiger partial charge is 0.464 e. The molecule has 0 aliphatic carbocycles. The molecule has 76 valence electrons. The van der Waals surface area contributed by atoms with Crippen molar-refractivity contribution in [3.05, 3.63) is 0 Å². The van der Waals surface area contributed by atoms with Gasteiger partial charge in [0.2, 0.25) is 5.91 Å². The minimum Gasteiger partial charge on any atom is -0.464 e. The zero-order valence-electron chi connectivity index (χ0n) is 8.12. The molecule has 0 aliphatic heterocycles. The molecule has 0 heterocycles. The van der Waals surface area contributed by atoms with Crippen molar-refractivity contribution in [3.8, 4) is 0 Å². The average molecular weight is 189 g/mol. The molecule has 0 spiro atoms. The minimum atomic E-state index is -0.706. The van der Waals surface area contributed by atoms with Crippen LogP contribution in [0.3, 0.4) is 0 Å². The van der Waals surface area contributed by atoms with E-state index in [2.05, 4.69) is 5.32 Å². The van der Waals surface area contributed by atoms with Crippen molar-refractivity contribution in [2.45, 2.75) is 19.9 Å². The molecule has 13 heavy (non-hydrogen) atoms. The highest BCUT2D eigenvalue weighted by Crippen LogP contribution is 1.90. The van der Waals surface area contributed by atoms with Crippen molar-refractivity contribution in [1.82, 2.24) is 5.32 Å². The summed E-state index contributed by atoms with van der Waals surface area (Å²) in [6, 6.07) is -0.706. The highest BCUT2D eigenvalue weighted by molar-refractivity contribution is 5.83. The number of amides is 1. The Morgan fingerprint density at radius 2 is 2.08 bits per heavy atom. The van der Waals surface area contributed by atoms with Gasteiger partial charge in [-0.05, 0) is 6.92 Å². The van der Waals surface area contributed by atoms with Gasteiger partial charge in [0.05, 0.1) is 13.2 Å². The van der Waals surface area contributed by atoms with Crippen LogP contribution in [-0.2, 0) is 19.1 Å². The number of esters is 1. The number of carbonyl (C=O) groups excluding carboxylic acids is 2. The van der Waals surface area contributed by atoms with Crippen LogP contribution in [0.15, 0.2) is 0 Å². The molecule has 0 radical (unpaired) electrons. The molecule has 0 aromatic rings. The topological polar surface area (TPSA) is 64.6 Å². The Bertz CT molecular complexity index is 181. The van der Waals surface area contributed by atoms with Gasteiger partial charge in [-0.2, -0.15) is 0 Å². The molecule has 0 aliphatic rings. The van der Waals surface area contributed by atoms with Gasteiger partial charge in [0.1, 0.15) is 0 Å². The van der Waals surface area contributed by atoms with E-state index in [4.69, 9.17) is 9.47 Å². The lowest BCUT2D eigenvalue weighted by atomic mass is 10.3. The summed E-state index contributed by atoms with van der Waals surface area (Å²) in [6.07, 6.45) is 0. The van der Waals surface area contributed by atoms with Crippen LogP contribution in [0.25, 0.3) is 0 Å². The van der Waals surface area contributed by atoms with Gasteiger partial charge in [-0.15, -0.1) is 0 Å². The third-order valence-corrected chi connectivity index (χ3v) is 1.28. The van der Waals surface area contributed by atoms with Crippen LogP contribution in [0, 0.1) is 0 Å². The number of ether oxygens (including phenoxy) is 2. The molecular weight excluding hydrogens is 174 g/mol. The Kier molecular flexibility index (Phi) is 5.88. The smallest absolute Gasteiger partial charge is 0.331 e. The van der Waals surface area contributed by atoms with Crippen LogP contribution < -0.4 is 5.32 Å². The summed E-state index contributed by atoms with van der Waals surface area (Å²) in [7, 11) is 1.45. The second kappa shape index (κ2) is 6.42. The van der Waals surface area contributed by atoms with Crippen LogP contribution in [0.2, 0.25) is 0 Å². The zero-order chi connectivity index (χ0) is 10.3. The van der Waals surface area contributed by atoms with E-state index in [1.54, 1.807) is 6.92 Å². The maximum Gasteiger partial charge on any atom is 0.331 e. The number of hydrogen-bond donors (Lipinski definition) is 1. The quantitative estimate of drug-likeness (QED) is 0.603. The third kappa shape index (κ3) is 5.19. The highest BCUT2D eigenvalue weighted by Gasteiger charge is 2.19. The van der Waals surface area contributed by atoms with Crippen molar-refractivity contribution in [1.29, 1.82) is 0 Å². The Morgan fingerprint density at radius 1 is 1.46 bits per heavy atom. The second-order valence-corrected chi connectivity index (χ2v) is 2.46. The summed E-state index contributed by atoms with van der Waals surface area (Å²) in [4.78, 5) is 21.8. The van der Waals surface area contributed by atoms with Gasteiger partial charge < -0.3 is 14.8 Å². The molecule has 5 heteroatoms. The molecule has 1 amide bonds. The van der Waals surface area contributed by atoms with Gasteiger partial charge in [0.25, 0.3) is 0 Å². The zero-order valence-corrected chi connectivity index (χ0v) is 8.12.